The maximum atomic E-state index is 13.6. The van der Waals surface area contributed by atoms with E-state index in [0.717, 1.165) is 11.8 Å². The summed E-state index contributed by atoms with van der Waals surface area (Å²) in [7, 11) is 0. The zero-order valence-electron chi connectivity index (χ0n) is 12.2. The average molecular weight is 331 g/mol. The van der Waals surface area contributed by atoms with Crippen molar-refractivity contribution in [1.29, 1.82) is 0 Å². The molecule has 1 atom stereocenters. The summed E-state index contributed by atoms with van der Waals surface area (Å²) in [6, 6.07) is 11.4. The molecule has 0 bridgehead atoms. The summed E-state index contributed by atoms with van der Waals surface area (Å²) in [4.78, 5) is 29.2. The van der Waals surface area contributed by atoms with Gasteiger partial charge in [-0.1, -0.05) is 12.1 Å². The van der Waals surface area contributed by atoms with Crippen molar-refractivity contribution in [2.24, 2.45) is 0 Å². The number of benzene rings is 2. The van der Waals surface area contributed by atoms with Crippen molar-refractivity contribution in [2.75, 3.05) is 5.32 Å². The van der Waals surface area contributed by atoms with Gasteiger partial charge in [0.25, 0.3) is 0 Å². The highest BCUT2D eigenvalue weighted by Gasteiger charge is 2.16. The number of anilines is 1. The number of hydrogen-bond donors (Lipinski definition) is 3. The SMILES string of the molecule is CC(Sc1ccccc1F)C(=O)Nc1ccc2[nH]c(=O)[nH]c2c1. The predicted molar refractivity (Wildman–Crippen MR) is 89.3 cm³/mol. The van der Waals surface area contributed by atoms with Crippen molar-refractivity contribution < 1.29 is 9.18 Å². The van der Waals surface area contributed by atoms with Crippen LogP contribution in [0.2, 0.25) is 0 Å². The fourth-order valence-electron chi connectivity index (χ4n) is 2.14. The van der Waals surface area contributed by atoms with Gasteiger partial charge in [0.2, 0.25) is 5.91 Å². The van der Waals surface area contributed by atoms with Gasteiger partial charge in [0.1, 0.15) is 5.82 Å². The molecule has 3 aromatic rings. The number of thioether (sulfide) groups is 1. The first kappa shape index (κ1) is 15.4. The van der Waals surface area contributed by atoms with Gasteiger partial charge in [-0.05, 0) is 37.3 Å². The summed E-state index contributed by atoms with van der Waals surface area (Å²) in [5.41, 5.74) is 1.55. The number of carbonyl (C=O) groups is 1. The molecular weight excluding hydrogens is 317 g/mol. The van der Waals surface area contributed by atoms with E-state index < -0.39 is 5.25 Å². The van der Waals surface area contributed by atoms with Gasteiger partial charge < -0.3 is 15.3 Å². The molecule has 3 N–H and O–H groups in total. The number of amides is 1. The zero-order valence-corrected chi connectivity index (χ0v) is 13.0. The maximum absolute atomic E-state index is 13.6. The Balaban J connectivity index is 1.72. The molecule has 0 fully saturated rings. The number of fused-ring (bicyclic) bond motifs is 1. The topological polar surface area (TPSA) is 77.8 Å². The van der Waals surface area contributed by atoms with Crippen molar-refractivity contribution in [3.8, 4) is 0 Å². The Bertz CT molecular complexity index is 919. The van der Waals surface area contributed by atoms with E-state index in [1.54, 1.807) is 43.3 Å². The highest BCUT2D eigenvalue weighted by molar-refractivity contribution is 8.00. The normalized spacial score (nSPS) is 12.3. The third-order valence-electron chi connectivity index (χ3n) is 3.29. The van der Waals surface area contributed by atoms with Crippen LogP contribution in [0.25, 0.3) is 11.0 Å². The molecule has 0 aliphatic rings. The number of rotatable bonds is 4. The van der Waals surface area contributed by atoms with Crippen LogP contribution in [-0.4, -0.2) is 21.1 Å². The molecule has 1 heterocycles. The standard InChI is InChI=1S/C16H14FN3O2S/c1-9(23-14-5-3-2-4-11(14)17)15(21)18-10-6-7-12-13(8-10)20-16(22)19-12/h2-9H,1H3,(H,18,21)(H2,19,20,22). The van der Waals surface area contributed by atoms with E-state index in [0.29, 0.717) is 21.6 Å². The minimum atomic E-state index is -0.465. The van der Waals surface area contributed by atoms with Gasteiger partial charge in [-0.2, -0.15) is 0 Å². The van der Waals surface area contributed by atoms with Crippen LogP contribution in [0.5, 0.6) is 0 Å². The van der Waals surface area contributed by atoms with Crippen LogP contribution in [-0.2, 0) is 4.79 Å². The van der Waals surface area contributed by atoms with Gasteiger partial charge in [0, 0.05) is 10.6 Å². The molecule has 118 valence electrons. The van der Waals surface area contributed by atoms with Crippen LogP contribution in [0.4, 0.5) is 10.1 Å². The van der Waals surface area contributed by atoms with E-state index in [1.807, 2.05) is 0 Å². The third-order valence-corrected chi connectivity index (χ3v) is 4.45. The fraction of sp³-hybridized carbons (Fsp3) is 0.125. The Kier molecular flexibility index (Phi) is 4.20. The first-order valence-electron chi connectivity index (χ1n) is 6.97. The minimum Gasteiger partial charge on any atom is -0.325 e. The van der Waals surface area contributed by atoms with Gasteiger partial charge in [-0.15, -0.1) is 11.8 Å². The molecule has 23 heavy (non-hydrogen) atoms. The van der Waals surface area contributed by atoms with Crippen LogP contribution in [0.1, 0.15) is 6.92 Å². The molecule has 1 amide bonds. The lowest BCUT2D eigenvalue weighted by molar-refractivity contribution is -0.115. The first-order chi connectivity index (χ1) is 11.0. The highest BCUT2D eigenvalue weighted by Crippen LogP contribution is 2.26. The van der Waals surface area contributed by atoms with E-state index in [1.165, 1.54) is 6.07 Å². The Morgan fingerprint density at radius 2 is 1.91 bits per heavy atom. The Hall–Kier alpha value is -2.54. The number of aromatic amines is 2. The molecule has 2 aromatic carbocycles. The molecule has 3 rings (SSSR count). The number of imidazole rings is 1. The summed E-state index contributed by atoms with van der Waals surface area (Å²) in [5, 5.41) is 2.30. The lowest BCUT2D eigenvalue weighted by Gasteiger charge is -2.12. The Morgan fingerprint density at radius 3 is 2.70 bits per heavy atom. The molecular formula is C16H14FN3O2S. The smallest absolute Gasteiger partial charge is 0.323 e. The van der Waals surface area contributed by atoms with E-state index >= 15 is 0 Å². The van der Waals surface area contributed by atoms with E-state index in [-0.39, 0.29) is 17.4 Å². The molecule has 0 aliphatic carbocycles. The molecule has 0 saturated carbocycles. The van der Waals surface area contributed by atoms with Crippen LogP contribution >= 0.6 is 11.8 Å². The summed E-state index contributed by atoms with van der Waals surface area (Å²) >= 11 is 1.15. The summed E-state index contributed by atoms with van der Waals surface area (Å²) in [6.07, 6.45) is 0. The lowest BCUT2D eigenvalue weighted by atomic mass is 10.2. The van der Waals surface area contributed by atoms with Crippen molar-refractivity contribution in [2.45, 2.75) is 17.1 Å². The highest BCUT2D eigenvalue weighted by atomic mass is 32.2. The molecule has 0 aliphatic heterocycles. The Labute approximate surface area is 135 Å². The lowest BCUT2D eigenvalue weighted by Crippen LogP contribution is -2.22. The molecule has 0 spiro atoms. The van der Waals surface area contributed by atoms with Crippen LogP contribution in [0, 0.1) is 5.82 Å². The van der Waals surface area contributed by atoms with Crippen molar-refractivity contribution >= 4 is 34.4 Å². The van der Waals surface area contributed by atoms with Gasteiger partial charge in [0.15, 0.2) is 0 Å². The number of hydrogen-bond acceptors (Lipinski definition) is 3. The second kappa shape index (κ2) is 6.29. The number of carbonyl (C=O) groups excluding carboxylic acids is 1. The van der Waals surface area contributed by atoms with Gasteiger partial charge in [-0.3, -0.25) is 4.79 Å². The maximum Gasteiger partial charge on any atom is 0.323 e. The van der Waals surface area contributed by atoms with E-state index in [2.05, 4.69) is 15.3 Å². The predicted octanol–water partition coefficient (Wildman–Crippen LogP) is 3.11. The average Bonchev–Trinajstić information content (AvgIpc) is 2.88. The van der Waals surface area contributed by atoms with Gasteiger partial charge >= 0.3 is 5.69 Å². The second-order valence-corrected chi connectivity index (χ2v) is 6.40. The van der Waals surface area contributed by atoms with Crippen molar-refractivity contribution in [1.82, 2.24) is 9.97 Å². The summed E-state index contributed by atoms with van der Waals surface area (Å²) < 4.78 is 13.6. The quantitative estimate of drug-likeness (QED) is 0.643. The fourth-order valence-corrected chi connectivity index (χ4v) is 3.02. The molecule has 1 aromatic heterocycles. The molecule has 5 nitrogen and oxygen atoms in total. The first-order valence-corrected chi connectivity index (χ1v) is 7.85. The minimum absolute atomic E-state index is 0.240. The number of nitrogens with one attached hydrogen (secondary N) is 3. The van der Waals surface area contributed by atoms with Crippen LogP contribution < -0.4 is 11.0 Å². The largest absolute Gasteiger partial charge is 0.325 e. The van der Waals surface area contributed by atoms with Crippen molar-refractivity contribution in [3.05, 3.63) is 58.8 Å². The van der Waals surface area contributed by atoms with Crippen molar-refractivity contribution in [3.63, 3.8) is 0 Å². The van der Waals surface area contributed by atoms with E-state index in [9.17, 15) is 14.0 Å². The molecule has 0 saturated heterocycles. The summed E-state index contributed by atoms with van der Waals surface area (Å²) in [5.74, 6) is -0.584. The summed E-state index contributed by atoms with van der Waals surface area (Å²) in [6.45, 7) is 1.71. The van der Waals surface area contributed by atoms with Crippen LogP contribution in [0.3, 0.4) is 0 Å². The molecule has 1 unspecified atom stereocenters. The number of H-pyrrole nitrogens is 2. The molecule has 7 heteroatoms. The van der Waals surface area contributed by atoms with E-state index in [4.69, 9.17) is 0 Å². The van der Waals surface area contributed by atoms with Gasteiger partial charge in [0.05, 0.1) is 16.3 Å². The second-order valence-electron chi connectivity index (χ2n) is 5.02. The van der Waals surface area contributed by atoms with Crippen LogP contribution in [0.15, 0.2) is 52.2 Å². The number of halogens is 1. The zero-order chi connectivity index (χ0) is 16.4. The molecule has 0 radical (unpaired) electrons. The monoisotopic (exact) mass is 331 g/mol. The third kappa shape index (κ3) is 3.45. The van der Waals surface area contributed by atoms with Gasteiger partial charge in [-0.25, -0.2) is 9.18 Å². The number of aromatic nitrogens is 2. The Morgan fingerprint density at radius 1 is 1.17 bits per heavy atom.